The first-order chi connectivity index (χ1) is 9.82. The van der Waals surface area contributed by atoms with E-state index in [1.165, 1.54) is 12.1 Å². The lowest BCUT2D eigenvalue weighted by molar-refractivity contribution is -0.138. The second-order valence-corrected chi connectivity index (χ2v) is 7.33. The van der Waals surface area contributed by atoms with Crippen LogP contribution in [-0.4, -0.2) is 36.9 Å². The molecule has 0 saturated carbocycles. The molecule has 1 aromatic carbocycles. The van der Waals surface area contributed by atoms with Crippen molar-refractivity contribution in [2.75, 3.05) is 13.1 Å². The van der Waals surface area contributed by atoms with Crippen molar-refractivity contribution >= 4 is 27.6 Å². The maximum Gasteiger partial charge on any atom is 0.303 e. The summed E-state index contributed by atoms with van der Waals surface area (Å²) in [5.74, 6) is -2.19. The average molecular weight is 336 g/mol. The van der Waals surface area contributed by atoms with Crippen molar-refractivity contribution in [1.29, 1.82) is 0 Å². The van der Waals surface area contributed by atoms with Crippen molar-refractivity contribution in [2.24, 2.45) is 5.92 Å². The lowest BCUT2D eigenvalue weighted by Crippen LogP contribution is -2.40. The van der Waals surface area contributed by atoms with Crippen LogP contribution in [0.15, 0.2) is 23.1 Å². The standard InChI is InChI=1S/C13H15ClFNO4S/c14-10-4-1-5-11(13(10)15)21(19,20)16-6-2-3-9(8-16)7-12(17)18/h1,4-5,9H,2-3,6-8H2,(H,17,18). The van der Waals surface area contributed by atoms with Crippen LogP contribution in [0.1, 0.15) is 19.3 Å². The lowest BCUT2D eigenvalue weighted by Gasteiger charge is -2.31. The van der Waals surface area contributed by atoms with Crippen LogP contribution < -0.4 is 0 Å². The highest BCUT2D eigenvalue weighted by atomic mass is 35.5. The number of piperidine rings is 1. The number of hydrogen-bond acceptors (Lipinski definition) is 3. The van der Waals surface area contributed by atoms with Crippen molar-refractivity contribution in [3.63, 3.8) is 0 Å². The van der Waals surface area contributed by atoms with Gasteiger partial charge in [-0.25, -0.2) is 12.8 Å². The minimum Gasteiger partial charge on any atom is -0.481 e. The predicted octanol–water partition coefficient (Wildman–Crippen LogP) is 2.35. The Morgan fingerprint density at radius 3 is 2.86 bits per heavy atom. The first-order valence-corrected chi connectivity index (χ1v) is 8.30. The Kier molecular flexibility index (Phi) is 4.85. The zero-order valence-corrected chi connectivity index (χ0v) is 12.7. The molecule has 1 unspecified atom stereocenters. The van der Waals surface area contributed by atoms with Crippen molar-refractivity contribution in [1.82, 2.24) is 4.31 Å². The molecule has 1 aromatic rings. The molecule has 116 valence electrons. The molecule has 8 heteroatoms. The van der Waals surface area contributed by atoms with Gasteiger partial charge in [0.2, 0.25) is 10.0 Å². The molecule has 0 aromatic heterocycles. The van der Waals surface area contributed by atoms with Crippen LogP contribution in [0.4, 0.5) is 4.39 Å². The highest BCUT2D eigenvalue weighted by Gasteiger charge is 2.33. The van der Waals surface area contributed by atoms with Crippen molar-refractivity contribution in [3.8, 4) is 0 Å². The quantitative estimate of drug-likeness (QED) is 0.916. The molecule has 1 aliphatic rings. The maximum atomic E-state index is 13.9. The van der Waals surface area contributed by atoms with Gasteiger partial charge in [0.25, 0.3) is 0 Å². The summed E-state index contributed by atoms with van der Waals surface area (Å²) in [5, 5.41) is 8.55. The third kappa shape index (κ3) is 3.53. The number of nitrogens with zero attached hydrogens (tertiary/aromatic N) is 1. The van der Waals surface area contributed by atoms with Crippen molar-refractivity contribution in [3.05, 3.63) is 29.0 Å². The molecule has 1 aliphatic heterocycles. The van der Waals surface area contributed by atoms with E-state index in [9.17, 15) is 17.6 Å². The number of carbonyl (C=O) groups is 1. The molecule has 1 atom stereocenters. The number of halogens is 2. The molecular weight excluding hydrogens is 321 g/mol. The van der Waals surface area contributed by atoms with E-state index in [0.717, 1.165) is 10.4 Å². The molecule has 1 N–H and O–H groups in total. The van der Waals surface area contributed by atoms with Crippen LogP contribution in [0.2, 0.25) is 5.02 Å². The van der Waals surface area contributed by atoms with Gasteiger partial charge in [0.1, 0.15) is 4.90 Å². The summed E-state index contributed by atoms with van der Waals surface area (Å²) in [6.07, 6.45) is 1.11. The molecule has 1 heterocycles. The van der Waals surface area contributed by atoms with Gasteiger partial charge in [0, 0.05) is 19.5 Å². The molecule has 0 radical (unpaired) electrons. The van der Waals surface area contributed by atoms with Crippen LogP contribution in [0.3, 0.4) is 0 Å². The smallest absolute Gasteiger partial charge is 0.303 e. The van der Waals surface area contributed by atoms with Crippen LogP contribution in [0.25, 0.3) is 0 Å². The minimum atomic E-state index is -4.00. The van der Waals surface area contributed by atoms with Crippen LogP contribution in [0, 0.1) is 11.7 Å². The summed E-state index contributed by atoms with van der Waals surface area (Å²) in [4.78, 5) is 10.3. The summed E-state index contributed by atoms with van der Waals surface area (Å²) in [7, 11) is -4.00. The van der Waals surface area contributed by atoms with Gasteiger partial charge in [0.15, 0.2) is 5.82 Å². The Balaban J connectivity index is 2.27. The molecule has 0 bridgehead atoms. The third-order valence-corrected chi connectivity index (χ3v) is 5.65. The Labute approximate surface area is 127 Å². The molecule has 1 fully saturated rings. The fraction of sp³-hybridized carbons (Fsp3) is 0.462. The lowest BCUT2D eigenvalue weighted by atomic mass is 9.96. The molecule has 1 saturated heterocycles. The monoisotopic (exact) mass is 335 g/mol. The molecule has 5 nitrogen and oxygen atoms in total. The van der Waals surface area contributed by atoms with E-state index in [4.69, 9.17) is 16.7 Å². The minimum absolute atomic E-state index is 0.0839. The fourth-order valence-corrected chi connectivity index (χ4v) is 4.35. The van der Waals surface area contributed by atoms with Gasteiger partial charge in [-0.05, 0) is 30.9 Å². The largest absolute Gasteiger partial charge is 0.481 e. The van der Waals surface area contributed by atoms with E-state index in [-0.39, 0.29) is 30.5 Å². The highest BCUT2D eigenvalue weighted by molar-refractivity contribution is 7.89. The van der Waals surface area contributed by atoms with Gasteiger partial charge in [-0.15, -0.1) is 0 Å². The van der Waals surface area contributed by atoms with Gasteiger partial charge in [-0.3, -0.25) is 4.79 Å². The maximum absolute atomic E-state index is 13.9. The number of rotatable bonds is 4. The van der Waals surface area contributed by atoms with Crippen LogP contribution in [-0.2, 0) is 14.8 Å². The summed E-state index contributed by atoms with van der Waals surface area (Å²) in [6, 6.07) is 3.81. The average Bonchev–Trinajstić information content (AvgIpc) is 2.41. The zero-order chi connectivity index (χ0) is 15.6. The van der Waals surface area contributed by atoms with Crippen molar-refractivity contribution in [2.45, 2.75) is 24.2 Å². The normalized spacial score (nSPS) is 20.4. The Morgan fingerprint density at radius 2 is 2.19 bits per heavy atom. The summed E-state index contributed by atoms with van der Waals surface area (Å²) in [6.45, 7) is 0.338. The number of carboxylic acids is 1. The second kappa shape index (κ2) is 6.29. The SMILES string of the molecule is O=C(O)CC1CCCN(S(=O)(=O)c2cccc(Cl)c2F)C1. The first-order valence-electron chi connectivity index (χ1n) is 6.48. The van der Waals surface area contributed by atoms with Crippen molar-refractivity contribution < 1.29 is 22.7 Å². The molecule has 0 aliphatic carbocycles. The van der Waals surface area contributed by atoms with E-state index < -0.39 is 26.7 Å². The third-order valence-electron chi connectivity index (χ3n) is 3.48. The molecule has 0 amide bonds. The van der Waals surface area contributed by atoms with Gasteiger partial charge in [-0.1, -0.05) is 17.7 Å². The zero-order valence-electron chi connectivity index (χ0n) is 11.1. The van der Waals surface area contributed by atoms with Gasteiger partial charge < -0.3 is 5.11 Å². The Bertz CT molecular complexity index is 650. The van der Waals surface area contributed by atoms with Gasteiger partial charge in [-0.2, -0.15) is 4.31 Å². The Hall–Kier alpha value is -1.18. The van der Waals surface area contributed by atoms with E-state index in [0.29, 0.717) is 12.8 Å². The van der Waals surface area contributed by atoms with E-state index in [1.54, 1.807) is 0 Å². The van der Waals surface area contributed by atoms with E-state index in [2.05, 4.69) is 0 Å². The Morgan fingerprint density at radius 1 is 1.48 bits per heavy atom. The number of hydrogen-bond donors (Lipinski definition) is 1. The number of aliphatic carboxylic acids is 1. The second-order valence-electron chi connectivity index (χ2n) is 5.02. The molecule has 2 rings (SSSR count). The number of sulfonamides is 1. The summed E-state index contributed by atoms with van der Waals surface area (Å²) in [5.41, 5.74) is 0. The summed E-state index contributed by atoms with van der Waals surface area (Å²) >= 11 is 5.62. The van der Waals surface area contributed by atoms with Gasteiger partial charge >= 0.3 is 5.97 Å². The molecule has 0 spiro atoms. The van der Waals surface area contributed by atoms with E-state index in [1.807, 2.05) is 0 Å². The van der Waals surface area contributed by atoms with E-state index >= 15 is 0 Å². The topological polar surface area (TPSA) is 74.7 Å². The van der Waals surface area contributed by atoms with Crippen LogP contribution in [0.5, 0.6) is 0 Å². The molecular formula is C13H15ClFNO4S. The predicted molar refractivity (Wildman–Crippen MR) is 75.1 cm³/mol. The number of carboxylic acid groups (broad SMARTS) is 1. The number of benzene rings is 1. The van der Waals surface area contributed by atoms with Gasteiger partial charge in [0.05, 0.1) is 5.02 Å². The summed E-state index contributed by atoms with van der Waals surface area (Å²) < 4.78 is 40.0. The fourth-order valence-electron chi connectivity index (χ4n) is 2.48. The highest BCUT2D eigenvalue weighted by Crippen LogP contribution is 2.29. The molecule has 21 heavy (non-hydrogen) atoms. The van der Waals surface area contributed by atoms with Crippen LogP contribution >= 0.6 is 11.6 Å². The first kappa shape index (κ1) is 16.2.